The van der Waals surface area contributed by atoms with Crippen molar-refractivity contribution in [2.45, 2.75) is 19.0 Å². The largest absolute Gasteiger partial charge is 0.442 e. The van der Waals surface area contributed by atoms with E-state index in [2.05, 4.69) is 5.32 Å². The number of ether oxygens (including phenoxy) is 1. The summed E-state index contributed by atoms with van der Waals surface area (Å²) in [5.41, 5.74) is -1.17. The second kappa shape index (κ2) is 10.8. The number of alkyl halides is 4. The van der Waals surface area contributed by atoms with E-state index in [4.69, 9.17) is 4.74 Å². The minimum atomic E-state index is -3.29. The van der Waals surface area contributed by atoms with Gasteiger partial charge in [-0.1, -0.05) is 6.07 Å². The molecule has 0 aliphatic carbocycles. The molecule has 0 saturated carbocycles. The lowest BCUT2D eigenvalue weighted by molar-refractivity contribution is -0.132. The quantitative estimate of drug-likeness (QED) is 0.480. The molecule has 0 spiro atoms. The molecule has 3 rings (SSSR count). The zero-order valence-corrected chi connectivity index (χ0v) is 17.6. The van der Waals surface area contributed by atoms with Crippen LogP contribution in [0.5, 0.6) is 0 Å². The van der Waals surface area contributed by atoms with Crippen molar-refractivity contribution >= 4 is 40.7 Å². The molecule has 0 unspecified atom stereocenters. The zero-order valence-electron chi connectivity index (χ0n) is 17.6. The first kappa shape index (κ1) is 25.4. The van der Waals surface area contributed by atoms with Crippen LogP contribution >= 0.6 is 0 Å². The Morgan fingerprint density at radius 3 is 2.37 bits per heavy atom. The first-order chi connectivity index (χ1) is 16.5. The predicted molar refractivity (Wildman–Crippen MR) is 114 cm³/mol. The predicted octanol–water partition coefficient (Wildman–Crippen LogP) is 2.84. The third kappa shape index (κ3) is 6.43. The van der Waals surface area contributed by atoms with Crippen LogP contribution in [0.1, 0.15) is 0 Å². The van der Waals surface area contributed by atoms with E-state index >= 15 is 0 Å². The van der Waals surface area contributed by atoms with Gasteiger partial charge in [-0.25, -0.2) is 9.18 Å². The van der Waals surface area contributed by atoms with Crippen molar-refractivity contribution in [3.63, 3.8) is 0 Å². The number of rotatable bonds is 8. The van der Waals surface area contributed by atoms with Crippen molar-refractivity contribution in [1.82, 2.24) is 5.32 Å². The number of hydrogen-bond acceptors (Lipinski definition) is 6. The van der Waals surface area contributed by atoms with Crippen molar-refractivity contribution in [2.75, 3.05) is 28.6 Å². The van der Waals surface area contributed by atoms with Crippen LogP contribution in [-0.2, 0) is 14.3 Å². The number of amides is 3. The van der Waals surface area contributed by atoms with Gasteiger partial charge in [-0.2, -0.15) is 17.6 Å². The molecular formula is C21H17F5N4O5. The van der Waals surface area contributed by atoms with E-state index in [1.54, 1.807) is 0 Å². The molecule has 14 heteroatoms. The second-order valence-corrected chi connectivity index (χ2v) is 7.14. The number of anilines is 4. The number of nitrogens with zero attached hydrogens (tertiary/aromatic N) is 1. The highest BCUT2D eigenvalue weighted by atomic mass is 19.3. The standard InChI is InChI=1S/C21H17F5N4O5/c22-13-7-11(30-9-12(35-21(30)34)8-27-19(32)17(23)24)4-5-14(13)29-15-6-10(2-1-3-16(15)31)28-20(33)18(25)26/h1-7,12,17-18H,8-9H2,(H,27,32)(H,28,33)(H,29,31)/t12-/m0/s1. The van der Waals surface area contributed by atoms with E-state index in [0.717, 1.165) is 23.1 Å². The third-order valence-corrected chi connectivity index (χ3v) is 4.66. The SMILES string of the molecule is O=C(NC[C@H]1CN(c2ccc(Nc3cc(NC(=O)C(F)F)cccc3=O)c(F)c2)C(=O)O1)C(F)F. The van der Waals surface area contributed by atoms with Gasteiger partial charge in [-0.15, -0.1) is 0 Å². The maximum atomic E-state index is 14.7. The van der Waals surface area contributed by atoms with Gasteiger partial charge in [-0.3, -0.25) is 19.3 Å². The minimum Gasteiger partial charge on any atom is -0.442 e. The Balaban J connectivity index is 1.74. The Morgan fingerprint density at radius 1 is 1.00 bits per heavy atom. The first-order valence-corrected chi connectivity index (χ1v) is 9.89. The average Bonchev–Trinajstić information content (AvgIpc) is 3.08. The smallest absolute Gasteiger partial charge is 0.414 e. The number of carbonyl (C=O) groups is 3. The summed E-state index contributed by atoms with van der Waals surface area (Å²) in [6, 6.07) is 7.97. The maximum Gasteiger partial charge on any atom is 0.414 e. The van der Waals surface area contributed by atoms with E-state index in [-0.39, 0.29) is 35.8 Å². The summed E-state index contributed by atoms with van der Waals surface area (Å²) in [6.07, 6.45) is -8.35. The van der Waals surface area contributed by atoms with Crippen LogP contribution in [0.4, 0.5) is 49.5 Å². The topological polar surface area (TPSA) is 117 Å². The summed E-state index contributed by atoms with van der Waals surface area (Å²) in [7, 11) is 0. The molecule has 0 radical (unpaired) electrons. The number of hydrogen-bond donors (Lipinski definition) is 3. The summed E-state index contributed by atoms with van der Waals surface area (Å²) in [6.45, 7) is -0.518. The van der Waals surface area contributed by atoms with E-state index in [1.165, 1.54) is 24.3 Å². The van der Waals surface area contributed by atoms with Crippen molar-refractivity contribution < 1.29 is 41.1 Å². The molecule has 1 aliphatic rings. The van der Waals surface area contributed by atoms with Crippen molar-refractivity contribution in [1.29, 1.82) is 0 Å². The van der Waals surface area contributed by atoms with Gasteiger partial charge in [0.05, 0.1) is 30.2 Å². The maximum absolute atomic E-state index is 14.7. The Labute approximate surface area is 193 Å². The number of benzene rings is 1. The van der Waals surface area contributed by atoms with Crippen LogP contribution in [0, 0.1) is 5.82 Å². The van der Waals surface area contributed by atoms with Gasteiger partial charge in [0.15, 0.2) is 0 Å². The van der Waals surface area contributed by atoms with Gasteiger partial charge in [0, 0.05) is 5.69 Å². The van der Waals surface area contributed by atoms with Crippen LogP contribution < -0.4 is 26.3 Å². The Kier molecular flexibility index (Phi) is 7.83. The van der Waals surface area contributed by atoms with Crippen LogP contribution in [0.25, 0.3) is 0 Å². The number of nitrogens with one attached hydrogen (secondary N) is 3. The lowest BCUT2D eigenvalue weighted by atomic mass is 10.2. The van der Waals surface area contributed by atoms with Crippen molar-refractivity contribution in [2.24, 2.45) is 0 Å². The molecule has 1 saturated heterocycles. The number of halogens is 5. The molecule has 1 fully saturated rings. The molecule has 1 heterocycles. The van der Waals surface area contributed by atoms with Crippen LogP contribution in [-0.4, -0.2) is 50.0 Å². The van der Waals surface area contributed by atoms with Gasteiger partial charge < -0.3 is 20.7 Å². The van der Waals surface area contributed by atoms with Gasteiger partial charge in [0.2, 0.25) is 5.43 Å². The monoisotopic (exact) mass is 500 g/mol. The number of carbonyl (C=O) groups excluding carboxylic acids is 3. The van der Waals surface area contributed by atoms with Crippen LogP contribution in [0.15, 0.2) is 47.3 Å². The highest BCUT2D eigenvalue weighted by Gasteiger charge is 2.33. The highest BCUT2D eigenvalue weighted by Crippen LogP contribution is 2.27. The lowest BCUT2D eigenvalue weighted by Gasteiger charge is -2.15. The molecule has 2 aromatic rings. The minimum absolute atomic E-state index is 0.0478. The molecule has 0 bridgehead atoms. The Bertz CT molecular complexity index is 1200. The van der Waals surface area contributed by atoms with Gasteiger partial charge >= 0.3 is 18.9 Å². The summed E-state index contributed by atoms with van der Waals surface area (Å²) in [5.74, 6) is -4.02. The van der Waals surface area contributed by atoms with Crippen LogP contribution in [0.3, 0.4) is 0 Å². The summed E-state index contributed by atoms with van der Waals surface area (Å²) in [5, 5.41) is 6.35. The molecule has 3 N–H and O–H groups in total. The van der Waals surface area contributed by atoms with Gasteiger partial charge in [-0.05, 0) is 36.4 Å². The molecule has 35 heavy (non-hydrogen) atoms. The fraction of sp³-hybridized carbons (Fsp3) is 0.238. The summed E-state index contributed by atoms with van der Waals surface area (Å²) >= 11 is 0. The van der Waals surface area contributed by atoms with E-state index < -0.39 is 48.1 Å². The second-order valence-electron chi connectivity index (χ2n) is 7.14. The number of cyclic esters (lactones) is 1. The first-order valence-electron chi connectivity index (χ1n) is 9.89. The fourth-order valence-electron chi connectivity index (χ4n) is 3.02. The highest BCUT2D eigenvalue weighted by molar-refractivity contribution is 5.93. The summed E-state index contributed by atoms with van der Waals surface area (Å²) < 4.78 is 69.2. The molecule has 9 nitrogen and oxygen atoms in total. The van der Waals surface area contributed by atoms with Gasteiger partial charge in [0.25, 0.3) is 11.8 Å². The molecule has 0 aromatic heterocycles. The molecule has 3 amide bonds. The Hall–Kier alpha value is -4.23. The van der Waals surface area contributed by atoms with Crippen molar-refractivity contribution in [3.8, 4) is 0 Å². The van der Waals surface area contributed by atoms with E-state index in [1.807, 2.05) is 10.6 Å². The molecular weight excluding hydrogens is 483 g/mol. The van der Waals surface area contributed by atoms with Gasteiger partial charge in [0.1, 0.15) is 11.9 Å². The lowest BCUT2D eigenvalue weighted by Crippen LogP contribution is -2.37. The molecule has 2 aromatic carbocycles. The molecule has 1 aliphatic heterocycles. The van der Waals surface area contributed by atoms with Crippen molar-refractivity contribution in [3.05, 3.63) is 58.5 Å². The van der Waals surface area contributed by atoms with E-state index in [0.29, 0.717) is 0 Å². The third-order valence-electron chi connectivity index (χ3n) is 4.66. The Morgan fingerprint density at radius 2 is 1.71 bits per heavy atom. The zero-order chi connectivity index (χ0) is 25.7. The normalized spacial score (nSPS) is 15.2. The summed E-state index contributed by atoms with van der Waals surface area (Å²) in [4.78, 5) is 47.5. The van der Waals surface area contributed by atoms with Crippen LogP contribution in [0.2, 0.25) is 0 Å². The molecule has 186 valence electrons. The fourth-order valence-corrected chi connectivity index (χ4v) is 3.02. The average molecular weight is 500 g/mol. The van der Waals surface area contributed by atoms with E-state index in [9.17, 15) is 41.1 Å². The molecule has 1 atom stereocenters.